The number of anilines is 1. The van der Waals surface area contributed by atoms with Crippen LogP contribution in [0, 0.1) is 0 Å². The highest BCUT2D eigenvalue weighted by molar-refractivity contribution is 6.09. The topological polar surface area (TPSA) is 54.6 Å². The number of hydrogen-bond donors (Lipinski definition) is 1. The van der Waals surface area contributed by atoms with E-state index in [1.807, 2.05) is 30.5 Å². The van der Waals surface area contributed by atoms with E-state index in [2.05, 4.69) is 76.3 Å². The Labute approximate surface area is 193 Å². The normalized spacial score (nSPS) is 11.5. The minimum absolute atomic E-state index is 0.121. The van der Waals surface area contributed by atoms with Gasteiger partial charge >= 0.3 is 0 Å². The SMILES string of the molecule is CCn1c2ccccc2c2cc(N(C)CCCCNC(=O)c3cc4ccccn4n3)ccc21. The average Bonchev–Trinajstić information content (AvgIpc) is 3.42. The van der Waals surface area contributed by atoms with Crippen molar-refractivity contribution < 1.29 is 4.79 Å². The second-order valence-corrected chi connectivity index (χ2v) is 8.45. The molecule has 168 valence electrons. The summed E-state index contributed by atoms with van der Waals surface area (Å²) < 4.78 is 4.10. The van der Waals surface area contributed by atoms with E-state index in [0.29, 0.717) is 12.2 Å². The first-order valence-electron chi connectivity index (χ1n) is 11.6. The van der Waals surface area contributed by atoms with Crippen molar-refractivity contribution in [2.75, 3.05) is 25.0 Å². The third-order valence-corrected chi connectivity index (χ3v) is 6.32. The molecule has 0 fully saturated rings. The van der Waals surface area contributed by atoms with Gasteiger partial charge in [-0.2, -0.15) is 5.10 Å². The number of aromatic nitrogens is 3. The minimum atomic E-state index is -0.121. The van der Waals surface area contributed by atoms with E-state index in [-0.39, 0.29) is 5.91 Å². The Bertz CT molecular complexity index is 1400. The summed E-state index contributed by atoms with van der Waals surface area (Å²) in [7, 11) is 2.13. The predicted molar refractivity (Wildman–Crippen MR) is 135 cm³/mol. The van der Waals surface area contributed by atoms with Gasteiger partial charge in [0.2, 0.25) is 0 Å². The molecule has 0 aliphatic carbocycles. The molecule has 5 rings (SSSR count). The highest BCUT2D eigenvalue weighted by Gasteiger charge is 2.12. The van der Waals surface area contributed by atoms with Gasteiger partial charge in [-0.05, 0) is 62.2 Å². The van der Waals surface area contributed by atoms with Gasteiger partial charge in [0.1, 0.15) is 0 Å². The van der Waals surface area contributed by atoms with Gasteiger partial charge in [-0.15, -0.1) is 0 Å². The molecule has 0 saturated heterocycles. The molecule has 0 bridgehead atoms. The number of carbonyl (C=O) groups excluding carboxylic acids is 1. The van der Waals surface area contributed by atoms with Crippen LogP contribution in [0.25, 0.3) is 27.3 Å². The summed E-state index contributed by atoms with van der Waals surface area (Å²) in [5.41, 5.74) is 5.16. The fourth-order valence-corrected chi connectivity index (χ4v) is 4.56. The molecule has 6 nitrogen and oxygen atoms in total. The number of pyridine rings is 1. The highest BCUT2D eigenvalue weighted by Crippen LogP contribution is 2.31. The summed E-state index contributed by atoms with van der Waals surface area (Å²) in [4.78, 5) is 14.7. The maximum absolute atomic E-state index is 12.4. The molecule has 0 atom stereocenters. The molecule has 0 aliphatic heterocycles. The monoisotopic (exact) mass is 439 g/mol. The first-order valence-corrected chi connectivity index (χ1v) is 11.6. The van der Waals surface area contributed by atoms with Crippen molar-refractivity contribution in [2.24, 2.45) is 0 Å². The number of para-hydroxylation sites is 1. The van der Waals surface area contributed by atoms with Crippen LogP contribution in [0.15, 0.2) is 72.9 Å². The highest BCUT2D eigenvalue weighted by atomic mass is 16.1. The van der Waals surface area contributed by atoms with E-state index in [4.69, 9.17) is 0 Å². The Hall–Kier alpha value is -3.80. The lowest BCUT2D eigenvalue weighted by Gasteiger charge is -2.19. The van der Waals surface area contributed by atoms with Crippen molar-refractivity contribution in [1.82, 2.24) is 19.5 Å². The Morgan fingerprint density at radius 2 is 1.79 bits per heavy atom. The Morgan fingerprint density at radius 1 is 0.970 bits per heavy atom. The van der Waals surface area contributed by atoms with Crippen molar-refractivity contribution in [2.45, 2.75) is 26.3 Å². The van der Waals surface area contributed by atoms with Gasteiger partial charge in [-0.25, -0.2) is 4.52 Å². The van der Waals surface area contributed by atoms with Crippen LogP contribution >= 0.6 is 0 Å². The minimum Gasteiger partial charge on any atom is -0.375 e. The Kier molecular flexibility index (Phi) is 5.73. The quantitative estimate of drug-likeness (QED) is 0.342. The number of nitrogens with one attached hydrogen (secondary N) is 1. The molecule has 0 saturated carbocycles. The first kappa shape index (κ1) is 21.1. The smallest absolute Gasteiger partial charge is 0.271 e. The van der Waals surface area contributed by atoms with Crippen LogP contribution in [-0.4, -0.2) is 40.2 Å². The first-order chi connectivity index (χ1) is 16.2. The maximum Gasteiger partial charge on any atom is 0.271 e. The van der Waals surface area contributed by atoms with Crippen molar-refractivity contribution in [1.29, 1.82) is 0 Å². The van der Waals surface area contributed by atoms with Crippen molar-refractivity contribution in [3.05, 3.63) is 78.6 Å². The molecular formula is C27H29N5O. The molecule has 0 aliphatic rings. The number of nitrogens with zero attached hydrogens (tertiary/aromatic N) is 4. The third-order valence-electron chi connectivity index (χ3n) is 6.32. The van der Waals surface area contributed by atoms with Crippen molar-refractivity contribution >= 4 is 38.9 Å². The largest absolute Gasteiger partial charge is 0.375 e. The van der Waals surface area contributed by atoms with Crippen LogP contribution in [0.3, 0.4) is 0 Å². The van der Waals surface area contributed by atoms with Crippen LogP contribution < -0.4 is 10.2 Å². The number of benzene rings is 2. The molecule has 1 N–H and O–H groups in total. The second kappa shape index (κ2) is 8.98. The molecule has 33 heavy (non-hydrogen) atoms. The number of aryl methyl sites for hydroxylation is 1. The molecule has 5 aromatic rings. The lowest BCUT2D eigenvalue weighted by Crippen LogP contribution is -2.26. The average molecular weight is 440 g/mol. The standard InChI is InChI=1S/C27H29N5O/c1-3-31-25-12-5-4-11-22(25)23-18-20(13-14-26(23)31)30(2)16-9-7-15-28-27(33)24-19-21-10-6-8-17-32(21)29-24/h4-6,8,10-14,17-19H,3,7,9,15-16H2,1-2H3,(H,28,33). The molecule has 3 heterocycles. The van der Waals surface area contributed by atoms with Gasteiger partial charge in [0, 0.05) is 60.4 Å². The lowest BCUT2D eigenvalue weighted by atomic mass is 10.1. The number of carbonyl (C=O) groups is 1. The maximum atomic E-state index is 12.4. The predicted octanol–water partition coefficient (Wildman–Crippen LogP) is 5.11. The van der Waals surface area contributed by atoms with Gasteiger partial charge < -0.3 is 14.8 Å². The Morgan fingerprint density at radius 3 is 2.64 bits per heavy atom. The van der Waals surface area contributed by atoms with Crippen molar-refractivity contribution in [3.8, 4) is 0 Å². The zero-order chi connectivity index (χ0) is 22.8. The molecule has 0 radical (unpaired) electrons. The molecular weight excluding hydrogens is 410 g/mol. The fourth-order valence-electron chi connectivity index (χ4n) is 4.56. The molecule has 2 aromatic carbocycles. The summed E-state index contributed by atoms with van der Waals surface area (Å²) in [6.45, 7) is 4.73. The van der Waals surface area contributed by atoms with Gasteiger partial charge in [0.15, 0.2) is 5.69 Å². The summed E-state index contributed by atoms with van der Waals surface area (Å²) >= 11 is 0. The third kappa shape index (κ3) is 4.04. The van der Waals surface area contributed by atoms with E-state index in [1.165, 1.54) is 27.5 Å². The van der Waals surface area contributed by atoms with Crippen LogP contribution in [0.2, 0.25) is 0 Å². The zero-order valence-corrected chi connectivity index (χ0v) is 19.2. The number of hydrogen-bond acceptors (Lipinski definition) is 3. The number of rotatable bonds is 8. The number of amides is 1. The number of fused-ring (bicyclic) bond motifs is 4. The van der Waals surface area contributed by atoms with E-state index in [9.17, 15) is 4.79 Å². The lowest BCUT2D eigenvalue weighted by molar-refractivity contribution is 0.0947. The van der Waals surface area contributed by atoms with Crippen LogP contribution in [0.1, 0.15) is 30.3 Å². The summed E-state index contributed by atoms with van der Waals surface area (Å²) in [5, 5.41) is 9.93. The van der Waals surface area contributed by atoms with E-state index in [1.54, 1.807) is 4.52 Å². The van der Waals surface area contributed by atoms with Crippen molar-refractivity contribution in [3.63, 3.8) is 0 Å². The molecule has 6 heteroatoms. The molecule has 0 spiro atoms. The van der Waals surface area contributed by atoms with E-state index < -0.39 is 0 Å². The number of unbranched alkanes of at least 4 members (excludes halogenated alkanes) is 1. The fraction of sp³-hybridized carbons (Fsp3) is 0.259. The van der Waals surface area contributed by atoms with Gasteiger partial charge in [-0.1, -0.05) is 24.3 Å². The van der Waals surface area contributed by atoms with E-state index >= 15 is 0 Å². The van der Waals surface area contributed by atoms with Crippen LogP contribution in [-0.2, 0) is 6.54 Å². The molecule has 0 unspecified atom stereocenters. The van der Waals surface area contributed by atoms with Crippen LogP contribution in [0.5, 0.6) is 0 Å². The Balaban J connectivity index is 1.17. The van der Waals surface area contributed by atoms with Gasteiger partial charge in [0.05, 0.1) is 5.52 Å². The molecule has 3 aromatic heterocycles. The van der Waals surface area contributed by atoms with E-state index in [0.717, 1.165) is 31.4 Å². The molecule has 1 amide bonds. The summed E-state index contributed by atoms with van der Waals surface area (Å²) in [5.74, 6) is -0.121. The van der Waals surface area contributed by atoms with Crippen LogP contribution in [0.4, 0.5) is 5.69 Å². The van der Waals surface area contributed by atoms with Gasteiger partial charge in [0.25, 0.3) is 5.91 Å². The van der Waals surface area contributed by atoms with Gasteiger partial charge in [-0.3, -0.25) is 4.79 Å². The second-order valence-electron chi connectivity index (χ2n) is 8.45. The summed E-state index contributed by atoms with van der Waals surface area (Å²) in [6, 6.07) is 23.0. The summed E-state index contributed by atoms with van der Waals surface area (Å²) in [6.07, 6.45) is 3.76. The zero-order valence-electron chi connectivity index (χ0n) is 19.2.